The maximum Gasteiger partial charge on any atom is 0.407 e. The van der Waals surface area contributed by atoms with Crippen molar-refractivity contribution in [3.63, 3.8) is 0 Å². The summed E-state index contributed by atoms with van der Waals surface area (Å²) in [6.45, 7) is 0.271. The Morgan fingerprint density at radius 2 is 1.66 bits per heavy atom. The number of carbonyl (C=O) groups is 2. The Bertz CT molecular complexity index is 1550. The molecule has 4 aromatic rings. The monoisotopic (exact) mass is 465 g/mol. The number of carbonyl (C=O) groups excluding carboxylic acids is 1. The van der Waals surface area contributed by atoms with Gasteiger partial charge in [-0.3, -0.25) is 4.79 Å². The normalized spacial score (nSPS) is 11.8. The summed E-state index contributed by atoms with van der Waals surface area (Å²) >= 11 is 0. The molecule has 5 rings (SSSR count). The summed E-state index contributed by atoms with van der Waals surface area (Å²) in [6, 6.07) is 21.8. The molecule has 0 saturated carbocycles. The maximum absolute atomic E-state index is 12.2. The van der Waals surface area contributed by atoms with Gasteiger partial charge in [-0.15, -0.1) is 0 Å². The SMILES string of the molecule is O=C(NCC#Cc1ccc2oc(C(=O)O)cc(=O)c2c1)OCC1c2ccccc2-c2ccccc21. The number of benzene rings is 3. The van der Waals surface area contributed by atoms with Gasteiger partial charge in [0.2, 0.25) is 5.76 Å². The summed E-state index contributed by atoms with van der Waals surface area (Å²) in [7, 11) is 0. The summed E-state index contributed by atoms with van der Waals surface area (Å²) < 4.78 is 10.7. The number of fused-ring (bicyclic) bond motifs is 4. The lowest BCUT2D eigenvalue weighted by molar-refractivity contribution is 0.0663. The number of carboxylic acid groups (broad SMARTS) is 1. The number of ether oxygens (including phenoxy) is 1. The predicted octanol–water partition coefficient (Wildman–Crippen LogP) is 4.38. The van der Waals surface area contributed by atoms with Crippen molar-refractivity contribution < 1.29 is 23.8 Å². The first-order valence-electron chi connectivity index (χ1n) is 10.9. The van der Waals surface area contributed by atoms with Gasteiger partial charge in [0.25, 0.3) is 0 Å². The molecule has 7 nitrogen and oxygen atoms in total. The van der Waals surface area contributed by atoms with E-state index in [2.05, 4.69) is 41.4 Å². The standard InChI is InChI=1S/C28H19NO6/c30-24-15-26(27(31)32)35-25-12-11-17(14-22(24)25)6-5-13-29-28(33)34-16-23-20-9-3-1-7-18(20)19-8-2-4-10-21(19)23/h1-4,7-12,14-15,23H,13,16H2,(H,29,33)(H,31,32). The van der Waals surface area contributed by atoms with Crippen LogP contribution in [-0.4, -0.2) is 30.3 Å². The van der Waals surface area contributed by atoms with Crippen molar-refractivity contribution in [3.05, 3.63) is 105 Å². The van der Waals surface area contributed by atoms with Crippen LogP contribution in [0.3, 0.4) is 0 Å². The smallest absolute Gasteiger partial charge is 0.407 e. The second-order valence-electron chi connectivity index (χ2n) is 7.97. The second-order valence-corrected chi connectivity index (χ2v) is 7.97. The van der Waals surface area contributed by atoms with E-state index in [4.69, 9.17) is 14.3 Å². The first-order valence-corrected chi connectivity index (χ1v) is 10.9. The zero-order valence-corrected chi connectivity index (χ0v) is 18.4. The van der Waals surface area contributed by atoms with Crippen LogP contribution in [0.1, 0.15) is 33.2 Å². The highest BCUT2D eigenvalue weighted by molar-refractivity contribution is 5.87. The molecular formula is C28H19NO6. The molecule has 0 fully saturated rings. The number of hydrogen-bond acceptors (Lipinski definition) is 5. The Morgan fingerprint density at radius 3 is 2.34 bits per heavy atom. The van der Waals surface area contributed by atoms with Crippen molar-refractivity contribution >= 4 is 23.0 Å². The van der Waals surface area contributed by atoms with Crippen LogP contribution in [0.4, 0.5) is 4.79 Å². The summed E-state index contributed by atoms with van der Waals surface area (Å²) in [6.07, 6.45) is -0.568. The fourth-order valence-corrected chi connectivity index (χ4v) is 4.25. The van der Waals surface area contributed by atoms with Gasteiger partial charge in [0, 0.05) is 17.5 Å². The van der Waals surface area contributed by atoms with Crippen molar-refractivity contribution in [2.24, 2.45) is 0 Å². The summed E-state index contributed by atoms with van der Waals surface area (Å²) in [5.41, 5.74) is 4.82. The van der Waals surface area contributed by atoms with Crippen LogP contribution in [0.2, 0.25) is 0 Å². The number of rotatable bonds is 4. The van der Waals surface area contributed by atoms with Crippen LogP contribution in [0.15, 0.2) is 82.0 Å². The highest BCUT2D eigenvalue weighted by Crippen LogP contribution is 2.44. The average Bonchev–Trinajstić information content (AvgIpc) is 3.19. The third-order valence-corrected chi connectivity index (χ3v) is 5.84. The number of amides is 1. The van der Waals surface area contributed by atoms with Gasteiger partial charge in [-0.25, -0.2) is 9.59 Å². The number of aromatic carboxylic acids is 1. The van der Waals surface area contributed by atoms with E-state index in [-0.39, 0.29) is 30.0 Å². The van der Waals surface area contributed by atoms with Crippen molar-refractivity contribution in [3.8, 4) is 23.0 Å². The average molecular weight is 465 g/mol. The Kier molecular flexibility index (Phi) is 5.78. The molecule has 35 heavy (non-hydrogen) atoms. The molecule has 0 aliphatic heterocycles. The minimum Gasteiger partial charge on any atom is -0.475 e. The van der Waals surface area contributed by atoms with Gasteiger partial charge >= 0.3 is 12.1 Å². The topological polar surface area (TPSA) is 106 Å². The van der Waals surface area contributed by atoms with Crippen LogP contribution >= 0.6 is 0 Å². The van der Waals surface area contributed by atoms with Crippen LogP contribution in [0, 0.1) is 11.8 Å². The second kappa shape index (κ2) is 9.20. The van der Waals surface area contributed by atoms with Crippen LogP contribution in [0.25, 0.3) is 22.1 Å². The Labute approximate surface area is 200 Å². The molecule has 0 spiro atoms. The third-order valence-electron chi connectivity index (χ3n) is 5.84. The summed E-state index contributed by atoms with van der Waals surface area (Å²) in [4.78, 5) is 35.4. The van der Waals surface area contributed by atoms with Gasteiger partial charge in [-0.2, -0.15) is 0 Å². The molecule has 1 aliphatic rings. The van der Waals surface area contributed by atoms with Gasteiger partial charge in [-0.1, -0.05) is 60.4 Å². The lowest BCUT2D eigenvalue weighted by Gasteiger charge is -2.14. The Morgan fingerprint density at radius 1 is 0.971 bits per heavy atom. The van der Waals surface area contributed by atoms with E-state index in [1.165, 1.54) is 12.1 Å². The molecule has 0 bridgehead atoms. The lowest BCUT2D eigenvalue weighted by Crippen LogP contribution is -2.26. The van der Waals surface area contributed by atoms with E-state index in [1.54, 1.807) is 6.07 Å². The molecule has 1 amide bonds. The van der Waals surface area contributed by atoms with Gasteiger partial charge in [0.15, 0.2) is 5.43 Å². The molecule has 0 unspecified atom stereocenters. The fourth-order valence-electron chi connectivity index (χ4n) is 4.25. The van der Waals surface area contributed by atoms with Crippen LogP contribution in [0.5, 0.6) is 0 Å². The number of alkyl carbamates (subject to hydrolysis) is 1. The molecule has 7 heteroatoms. The van der Waals surface area contributed by atoms with E-state index < -0.39 is 23.3 Å². The van der Waals surface area contributed by atoms with Gasteiger partial charge in [-0.05, 0) is 40.5 Å². The molecule has 0 radical (unpaired) electrons. The van der Waals surface area contributed by atoms with Gasteiger partial charge < -0.3 is 19.6 Å². The first kappa shape index (κ1) is 22.0. The highest BCUT2D eigenvalue weighted by Gasteiger charge is 2.28. The molecule has 2 N–H and O–H groups in total. The lowest BCUT2D eigenvalue weighted by atomic mass is 9.98. The maximum atomic E-state index is 12.2. The number of hydrogen-bond donors (Lipinski definition) is 2. The zero-order valence-electron chi connectivity index (χ0n) is 18.4. The predicted molar refractivity (Wildman–Crippen MR) is 129 cm³/mol. The molecule has 172 valence electrons. The Balaban J connectivity index is 1.20. The highest BCUT2D eigenvalue weighted by atomic mass is 16.5. The molecule has 1 aliphatic carbocycles. The van der Waals surface area contributed by atoms with Gasteiger partial charge in [0.05, 0.1) is 11.9 Å². The minimum absolute atomic E-state index is 0.0230. The molecule has 0 atom stereocenters. The van der Waals surface area contributed by atoms with Gasteiger partial charge in [0.1, 0.15) is 12.2 Å². The van der Waals surface area contributed by atoms with E-state index in [0.717, 1.165) is 28.3 Å². The van der Waals surface area contributed by atoms with Crippen LogP contribution < -0.4 is 10.7 Å². The quantitative estimate of drug-likeness (QED) is 0.433. The molecule has 1 heterocycles. The van der Waals surface area contributed by atoms with Crippen molar-refractivity contribution in [2.75, 3.05) is 13.2 Å². The fraction of sp³-hybridized carbons (Fsp3) is 0.107. The van der Waals surface area contributed by atoms with Crippen molar-refractivity contribution in [1.82, 2.24) is 5.32 Å². The zero-order chi connectivity index (χ0) is 24.4. The largest absolute Gasteiger partial charge is 0.475 e. The molecule has 1 aromatic heterocycles. The van der Waals surface area contributed by atoms with E-state index in [1.807, 2.05) is 24.3 Å². The van der Waals surface area contributed by atoms with E-state index in [0.29, 0.717) is 5.56 Å². The van der Waals surface area contributed by atoms with E-state index >= 15 is 0 Å². The molecule has 3 aromatic carbocycles. The van der Waals surface area contributed by atoms with Crippen LogP contribution in [-0.2, 0) is 4.74 Å². The number of nitrogens with one attached hydrogen (secondary N) is 1. The summed E-state index contributed by atoms with van der Waals surface area (Å²) in [5, 5.41) is 11.8. The van der Waals surface area contributed by atoms with Crippen molar-refractivity contribution in [2.45, 2.75) is 5.92 Å². The number of carboxylic acids is 1. The van der Waals surface area contributed by atoms with Crippen molar-refractivity contribution in [1.29, 1.82) is 0 Å². The molecule has 0 saturated heterocycles. The summed E-state index contributed by atoms with van der Waals surface area (Å²) in [5.74, 6) is 3.92. The Hall–Kier alpha value is -4.83. The first-order chi connectivity index (χ1) is 17.0. The molecular weight excluding hydrogens is 446 g/mol. The minimum atomic E-state index is -1.31. The van der Waals surface area contributed by atoms with E-state index in [9.17, 15) is 14.4 Å². The third kappa shape index (κ3) is 4.37.